The lowest BCUT2D eigenvalue weighted by atomic mass is 10.0. The number of halogens is 1. The normalized spacial score (nSPS) is 16.2. The van der Waals surface area contributed by atoms with Gasteiger partial charge in [-0.25, -0.2) is 4.99 Å². The monoisotopic (exact) mass is 387 g/mol. The van der Waals surface area contributed by atoms with Crippen molar-refractivity contribution in [2.24, 2.45) is 4.99 Å². The summed E-state index contributed by atoms with van der Waals surface area (Å²) in [5.41, 5.74) is 1.06. The number of rotatable bonds is 4. The number of benzene rings is 2. The Morgan fingerprint density at radius 2 is 2.00 bits per heavy atom. The number of ether oxygens (including phenoxy) is 2. The fraction of sp³-hybridized carbons (Fsp3) is 0.211. The number of guanidine groups is 1. The van der Waals surface area contributed by atoms with Gasteiger partial charge in [0.1, 0.15) is 0 Å². The molecule has 1 aliphatic rings. The van der Waals surface area contributed by atoms with Crippen molar-refractivity contribution in [3.05, 3.63) is 58.6 Å². The molecule has 0 spiro atoms. The second-order valence-electron chi connectivity index (χ2n) is 5.79. The lowest BCUT2D eigenvalue weighted by molar-refractivity contribution is -0.120. The molecule has 1 heterocycles. The maximum Gasteiger partial charge on any atom is 0.258 e. The van der Waals surface area contributed by atoms with E-state index in [2.05, 4.69) is 15.6 Å². The molecule has 2 N–H and O–H groups in total. The van der Waals surface area contributed by atoms with Crippen LogP contribution in [0.25, 0.3) is 0 Å². The van der Waals surface area contributed by atoms with Crippen LogP contribution < -0.4 is 20.1 Å². The first-order chi connectivity index (χ1) is 13.0. The summed E-state index contributed by atoms with van der Waals surface area (Å²) in [6, 6.07) is 11.3. The van der Waals surface area contributed by atoms with Gasteiger partial charge in [-0.2, -0.15) is 0 Å². The molecule has 8 heteroatoms. The molecular weight excluding hydrogens is 370 g/mol. The van der Waals surface area contributed by atoms with Crippen molar-refractivity contribution < 1.29 is 19.1 Å². The molecule has 1 aliphatic heterocycles. The predicted octanol–water partition coefficient (Wildman–Crippen LogP) is 2.70. The Balaban J connectivity index is 1.88. The summed E-state index contributed by atoms with van der Waals surface area (Å²) < 4.78 is 10.7. The molecule has 0 saturated carbocycles. The molecule has 2 aromatic carbocycles. The summed E-state index contributed by atoms with van der Waals surface area (Å²) in [5, 5.41) is 5.62. The van der Waals surface area contributed by atoms with Crippen molar-refractivity contribution in [1.82, 2.24) is 10.6 Å². The molecule has 1 unspecified atom stereocenters. The van der Waals surface area contributed by atoms with Crippen LogP contribution in [0.1, 0.15) is 28.4 Å². The number of hydrogen-bond acceptors (Lipinski definition) is 5. The summed E-state index contributed by atoms with van der Waals surface area (Å²) in [5.74, 6) is 0.437. The smallest absolute Gasteiger partial charge is 0.258 e. The Morgan fingerprint density at radius 1 is 1.22 bits per heavy atom. The van der Waals surface area contributed by atoms with Crippen molar-refractivity contribution in [2.45, 2.75) is 12.5 Å². The fourth-order valence-electron chi connectivity index (χ4n) is 2.82. The van der Waals surface area contributed by atoms with Crippen LogP contribution in [0.2, 0.25) is 5.02 Å². The summed E-state index contributed by atoms with van der Waals surface area (Å²) in [6.45, 7) is 0. The number of nitrogens with one attached hydrogen (secondary N) is 2. The van der Waals surface area contributed by atoms with E-state index in [0.717, 1.165) is 0 Å². The third kappa shape index (κ3) is 4.20. The highest BCUT2D eigenvalue weighted by Crippen LogP contribution is 2.38. The summed E-state index contributed by atoms with van der Waals surface area (Å²) in [6.07, 6.45) is 0.125. The van der Waals surface area contributed by atoms with Crippen LogP contribution >= 0.6 is 11.6 Å². The maximum absolute atomic E-state index is 12.4. The minimum absolute atomic E-state index is 0.0751. The molecule has 2 amide bonds. The van der Waals surface area contributed by atoms with Crippen molar-refractivity contribution in [3.8, 4) is 11.5 Å². The first-order valence-electron chi connectivity index (χ1n) is 8.17. The zero-order valence-corrected chi connectivity index (χ0v) is 15.5. The Kier molecular flexibility index (Phi) is 5.61. The molecule has 3 rings (SSSR count). The fourth-order valence-corrected chi connectivity index (χ4v) is 3.01. The van der Waals surface area contributed by atoms with E-state index in [4.69, 9.17) is 21.1 Å². The van der Waals surface area contributed by atoms with Gasteiger partial charge in [0.25, 0.3) is 5.91 Å². The predicted molar refractivity (Wildman–Crippen MR) is 101 cm³/mol. The second kappa shape index (κ2) is 8.09. The van der Waals surface area contributed by atoms with Gasteiger partial charge in [0.2, 0.25) is 11.9 Å². The van der Waals surface area contributed by atoms with Gasteiger partial charge in [0, 0.05) is 16.1 Å². The Morgan fingerprint density at radius 3 is 2.70 bits per heavy atom. The first kappa shape index (κ1) is 18.7. The number of methoxy groups -OCH3 is 2. The second-order valence-corrected chi connectivity index (χ2v) is 6.23. The van der Waals surface area contributed by atoms with Gasteiger partial charge >= 0.3 is 0 Å². The van der Waals surface area contributed by atoms with Gasteiger partial charge in [-0.05, 0) is 24.3 Å². The summed E-state index contributed by atoms with van der Waals surface area (Å²) in [4.78, 5) is 29.0. The lowest BCUT2D eigenvalue weighted by Gasteiger charge is -2.23. The minimum atomic E-state index is -0.515. The standard InChI is InChI=1S/C19H18ClN3O4/c1-26-15-8-4-7-13(17(15)27-2)14-10-16(24)22-19(21-14)23-18(25)11-5-3-6-12(20)9-11/h3-9,14H,10H2,1-2H3,(H2,21,22,23,24,25). The zero-order chi connectivity index (χ0) is 19.4. The number of aliphatic imine (C=N–C) groups is 1. The highest BCUT2D eigenvalue weighted by molar-refractivity contribution is 6.31. The maximum atomic E-state index is 12.4. The number of para-hydroxylation sites is 1. The van der Waals surface area contributed by atoms with E-state index in [1.807, 2.05) is 6.07 Å². The molecule has 2 aromatic rings. The Labute approximate surface area is 161 Å². The average molecular weight is 388 g/mol. The molecule has 0 aromatic heterocycles. The number of nitrogens with zero attached hydrogens (tertiary/aromatic N) is 1. The van der Waals surface area contributed by atoms with Gasteiger partial charge in [0.05, 0.1) is 26.7 Å². The molecular formula is C19H18ClN3O4. The molecule has 0 fully saturated rings. The van der Waals surface area contributed by atoms with Crippen molar-refractivity contribution in [3.63, 3.8) is 0 Å². The van der Waals surface area contributed by atoms with Crippen LogP contribution in [-0.2, 0) is 4.79 Å². The quantitative estimate of drug-likeness (QED) is 0.844. The zero-order valence-electron chi connectivity index (χ0n) is 14.8. The van der Waals surface area contributed by atoms with E-state index < -0.39 is 11.9 Å². The molecule has 0 aliphatic carbocycles. The molecule has 0 radical (unpaired) electrons. The Hall–Kier alpha value is -3.06. The van der Waals surface area contributed by atoms with E-state index in [1.54, 1.807) is 30.3 Å². The number of carbonyl (C=O) groups excluding carboxylic acids is 2. The highest BCUT2D eigenvalue weighted by Gasteiger charge is 2.27. The molecule has 0 bridgehead atoms. The van der Waals surface area contributed by atoms with Crippen molar-refractivity contribution in [2.75, 3.05) is 14.2 Å². The minimum Gasteiger partial charge on any atom is -0.493 e. The molecule has 0 saturated heterocycles. The van der Waals surface area contributed by atoms with Crippen LogP contribution in [0.3, 0.4) is 0 Å². The lowest BCUT2D eigenvalue weighted by Crippen LogP contribution is -2.47. The molecule has 7 nitrogen and oxygen atoms in total. The number of hydrogen-bond donors (Lipinski definition) is 2. The van der Waals surface area contributed by atoms with Crippen LogP contribution in [0, 0.1) is 0 Å². The van der Waals surface area contributed by atoms with E-state index >= 15 is 0 Å². The van der Waals surface area contributed by atoms with E-state index in [1.165, 1.54) is 20.3 Å². The van der Waals surface area contributed by atoms with Gasteiger partial charge in [0.15, 0.2) is 11.5 Å². The SMILES string of the molecule is COc1cccc(C2CC(=O)NC(NC(=O)c3cccc(Cl)c3)=N2)c1OC. The summed E-state index contributed by atoms with van der Waals surface area (Å²) in [7, 11) is 3.06. The molecule has 140 valence electrons. The van der Waals surface area contributed by atoms with E-state index in [-0.39, 0.29) is 18.3 Å². The number of carbonyl (C=O) groups is 2. The Bertz CT molecular complexity index is 914. The summed E-state index contributed by atoms with van der Waals surface area (Å²) >= 11 is 5.91. The largest absolute Gasteiger partial charge is 0.493 e. The van der Waals surface area contributed by atoms with Gasteiger partial charge in [-0.15, -0.1) is 0 Å². The van der Waals surface area contributed by atoms with Gasteiger partial charge < -0.3 is 9.47 Å². The molecule has 1 atom stereocenters. The number of amides is 2. The topological polar surface area (TPSA) is 89.0 Å². The van der Waals surface area contributed by atoms with Crippen LogP contribution in [0.4, 0.5) is 0 Å². The average Bonchev–Trinajstić information content (AvgIpc) is 2.66. The van der Waals surface area contributed by atoms with Gasteiger partial charge in [-0.3, -0.25) is 20.2 Å². The van der Waals surface area contributed by atoms with E-state index in [9.17, 15) is 9.59 Å². The van der Waals surface area contributed by atoms with E-state index in [0.29, 0.717) is 27.6 Å². The first-order valence-corrected chi connectivity index (χ1v) is 8.55. The van der Waals surface area contributed by atoms with Crippen LogP contribution in [0.15, 0.2) is 47.5 Å². The van der Waals surface area contributed by atoms with Crippen molar-refractivity contribution in [1.29, 1.82) is 0 Å². The highest BCUT2D eigenvalue weighted by atomic mass is 35.5. The van der Waals surface area contributed by atoms with Crippen LogP contribution in [-0.4, -0.2) is 32.0 Å². The van der Waals surface area contributed by atoms with Crippen LogP contribution in [0.5, 0.6) is 11.5 Å². The van der Waals surface area contributed by atoms with Crippen molar-refractivity contribution >= 4 is 29.4 Å². The molecule has 27 heavy (non-hydrogen) atoms. The third-order valence-corrected chi connectivity index (χ3v) is 4.27. The van der Waals surface area contributed by atoms with Gasteiger partial charge in [-0.1, -0.05) is 29.8 Å². The third-order valence-electron chi connectivity index (χ3n) is 4.03.